The van der Waals surface area contributed by atoms with E-state index in [0.717, 1.165) is 0 Å². The quantitative estimate of drug-likeness (QED) is 0.295. The van der Waals surface area contributed by atoms with Crippen LogP contribution < -0.4 is 10.6 Å². The van der Waals surface area contributed by atoms with E-state index in [2.05, 4.69) is 31.1 Å². The lowest BCUT2D eigenvalue weighted by Crippen LogP contribution is -2.12. The number of carbonyl (C=O) groups is 1. The van der Waals surface area contributed by atoms with Crippen LogP contribution in [0, 0.1) is 0 Å². The van der Waals surface area contributed by atoms with Gasteiger partial charge in [0.2, 0.25) is 5.91 Å². The Morgan fingerprint density at radius 3 is 1.41 bits per heavy atom. The van der Waals surface area contributed by atoms with Crippen LogP contribution in [-0.2, 0) is 14.9 Å². The van der Waals surface area contributed by atoms with Crippen molar-refractivity contribution in [3.05, 3.63) is 72.8 Å². The van der Waals surface area contributed by atoms with E-state index in [4.69, 9.17) is 4.55 Å². The highest BCUT2D eigenvalue weighted by atomic mass is 32.2. The Kier molecular flexibility index (Phi) is 7.37. The predicted molar refractivity (Wildman–Crippen MR) is 122 cm³/mol. The summed E-state index contributed by atoms with van der Waals surface area (Å²) in [5, 5.41) is 21.9. The normalized spacial score (nSPS) is 11.7. The van der Waals surface area contributed by atoms with Crippen molar-refractivity contribution < 1.29 is 17.8 Å². The topological polar surface area (TPSA) is 145 Å². The minimum absolute atomic E-state index is 0.138. The molecular weight excluding hydrogens is 432 g/mol. The average Bonchev–Trinajstić information content (AvgIpc) is 2.76. The van der Waals surface area contributed by atoms with E-state index in [-0.39, 0.29) is 5.91 Å². The first-order chi connectivity index (χ1) is 15.3. The van der Waals surface area contributed by atoms with Gasteiger partial charge in [-0.1, -0.05) is 0 Å². The standard InChI is InChI=1S/C21H20N6O4S/c1-15(28)23-17-4-8-19(9-5-17)25-27-21-12-10-20(11-13-21)26-24-18-6-2-16(3-7-18)22-14-32(29,30)31/h2-13,22H,14H2,1H3,(H,23,28)(H,29,30,31). The van der Waals surface area contributed by atoms with Crippen LogP contribution in [0.2, 0.25) is 0 Å². The molecule has 0 spiro atoms. The maximum atomic E-state index is 11.0. The first-order valence-electron chi connectivity index (χ1n) is 9.37. The molecule has 0 aliphatic heterocycles. The van der Waals surface area contributed by atoms with Crippen molar-refractivity contribution in [3.8, 4) is 0 Å². The molecule has 0 unspecified atom stereocenters. The zero-order valence-electron chi connectivity index (χ0n) is 17.0. The summed E-state index contributed by atoms with van der Waals surface area (Å²) in [6.07, 6.45) is 0. The molecule has 0 fully saturated rings. The third-order valence-corrected chi connectivity index (χ3v) is 4.43. The van der Waals surface area contributed by atoms with Gasteiger partial charge >= 0.3 is 0 Å². The number of hydrogen-bond donors (Lipinski definition) is 3. The number of rotatable bonds is 8. The summed E-state index contributed by atoms with van der Waals surface area (Å²) in [5.41, 5.74) is 3.71. The molecule has 0 aliphatic carbocycles. The van der Waals surface area contributed by atoms with Crippen LogP contribution in [0.4, 0.5) is 34.1 Å². The molecule has 0 saturated heterocycles. The number of azo groups is 2. The fourth-order valence-corrected chi connectivity index (χ4v) is 2.80. The van der Waals surface area contributed by atoms with E-state index in [1.54, 1.807) is 72.8 Å². The second kappa shape index (κ2) is 10.4. The second-order valence-electron chi connectivity index (χ2n) is 6.59. The lowest BCUT2D eigenvalue weighted by molar-refractivity contribution is -0.114. The van der Waals surface area contributed by atoms with Gasteiger partial charge in [0, 0.05) is 18.3 Å². The Morgan fingerprint density at radius 1 is 0.719 bits per heavy atom. The fourth-order valence-electron chi connectivity index (χ4n) is 2.45. The van der Waals surface area contributed by atoms with Crippen molar-refractivity contribution in [2.45, 2.75) is 6.92 Å². The third-order valence-electron chi connectivity index (χ3n) is 3.93. The molecule has 0 bridgehead atoms. The third kappa shape index (κ3) is 7.70. The number of benzene rings is 3. The molecular formula is C21H20N6O4S. The first-order valence-corrected chi connectivity index (χ1v) is 11.0. The van der Waals surface area contributed by atoms with E-state index < -0.39 is 16.0 Å². The summed E-state index contributed by atoms with van der Waals surface area (Å²) in [6.45, 7) is 1.45. The van der Waals surface area contributed by atoms with Crippen LogP contribution in [0.1, 0.15) is 6.92 Å². The van der Waals surface area contributed by atoms with Crippen LogP contribution in [0.25, 0.3) is 0 Å². The minimum Gasteiger partial charge on any atom is -0.370 e. The van der Waals surface area contributed by atoms with Gasteiger partial charge in [-0.05, 0) is 72.8 Å². The Morgan fingerprint density at radius 2 is 1.06 bits per heavy atom. The lowest BCUT2D eigenvalue weighted by Gasteiger charge is -2.03. The largest absolute Gasteiger partial charge is 0.370 e. The smallest absolute Gasteiger partial charge is 0.283 e. The van der Waals surface area contributed by atoms with Crippen molar-refractivity contribution in [2.24, 2.45) is 20.5 Å². The van der Waals surface area contributed by atoms with Crippen LogP contribution in [0.3, 0.4) is 0 Å². The van der Waals surface area contributed by atoms with E-state index in [1.165, 1.54) is 6.92 Å². The molecule has 10 nitrogen and oxygen atoms in total. The van der Waals surface area contributed by atoms with Gasteiger partial charge in [0.05, 0.1) is 22.7 Å². The highest BCUT2D eigenvalue weighted by Gasteiger charge is 2.03. The van der Waals surface area contributed by atoms with Crippen LogP contribution >= 0.6 is 0 Å². The molecule has 0 radical (unpaired) electrons. The minimum atomic E-state index is -4.09. The number of nitrogens with zero attached hydrogens (tertiary/aromatic N) is 4. The van der Waals surface area contributed by atoms with Crippen LogP contribution in [-0.4, -0.2) is 24.8 Å². The van der Waals surface area contributed by atoms with Crippen molar-refractivity contribution in [1.29, 1.82) is 0 Å². The van der Waals surface area contributed by atoms with E-state index in [9.17, 15) is 13.2 Å². The fraction of sp³-hybridized carbons (Fsp3) is 0.0952. The predicted octanol–water partition coefficient (Wildman–Crippen LogP) is 5.73. The monoisotopic (exact) mass is 452 g/mol. The average molecular weight is 452 g/mol. The first kappa shape index (κ1) is 22.7. The zero-order valence-corrected chi connectivity index (χ0v) is 17.8. The molecule has 0 aromatic heterocycles. The Labute approximate surface area is 184 Å². The zero-order chi connectivity index (χ0) is 23.0. The SMILES string of the molecule is CC(=O)Nc1ccc(N=Nc2ccc(N=Nc3ccc(NCS(=O)(=O)O)cc3)cc2)cc1. The number of nitrogens with one attached hydrogen (secondary N) is 2. The highest BCUT2D eigenvalue weighted by molar-refractivity contribution is 7.85. The van der Waals surface area contributed by atoms with Crippen LogP contribution in [0.15, 0.2) is 93.3 Å². The van der Waals surface area contributed by atoms with Gasteiger partial charge in [-0.25, -0.2) is 0 Å². The molecule has 3 rings (SSSR count). The van der Waals surface area contributed by atoms with Gasteiger partial charge in [-0.2, -0.15) is 28.9 Å². The number of hydrogen-bond acceptors (Lipinski definition) is 8. The molecule has 3 N–H and O–H groups in total. The molecule has 1 amide bonds. The molecule has 164 valence electrons. The summed E-state index contributed by atoms with van der Waals surface area (Å²) >= 11 is 0. The molecule has 11 heteroatoms. The van der Waals surface area contributed by atoms with Crippen molar-refractivity contribution in [1.82, 2.24) is 0 Å². The van der Waals surface area contributed by atoms with Gasteiger partial charge in [-0.15, -0.1) is 0 Å². The van der Waals surface area contributed by atoms with Gasteiger partial charge < -0.3 is 10.6 Å². The highest BCUT2D eigenvalue weighted by Crippen LogP contribution is 2.24. The second-order valence-corrected chi connectivity index (χ2v) is 8.05. The summed E-state index contributed by atoms with van der Waals surface area (Å²) in [5.74, 6) is -0.707. The lowest BCUT2D eigenvalue weighted by atomic mass is 10.3. The molecule has 3 aromatic rings. The Hall–Kier alpha value is -3.96. The Balaban J connectivity index is 1.56. The van der Waals surface area contributed by atoms with E-state index >= 15 is 0 Å². The van der Waals surface area contributed by atoms with Crippen LogP contribution in [0.5, 0.6) is 0 Å². The van der Waals surface area contributed by atoms with Gasteiger partial charge in [0.15, 0.2) is 0 Å². The van der Waals surface area contributed by atoms with Crippen molar-refractivity contribution in [2.75, 3.05) is 16.5 Å². The number of carbonyl (C=O) groups excluding carboxylic acids is 1. The Bertz CT molecular complexity index is 1220. The molecule has 0 atom stereocenters. The summed E-state index contributed by atoms with van der Waals surface area (Å²) in [7, 11) is -4.09. The molecule has 0 aliphatic rings. The summed E-state index contributed by atoms with van der Waals surface area (Å²) in [6, 6.07) is 20.6. The summed E-state index contributed by atoms with van der Waals surface area (Å²) in [4.78, 5) is 11.0. The van der Waals surface area contributed by atoms with E-state index in [0.29, 0.717) is 34.1 Å². The van der Waals surface area contributed by atoms with Crippen molar-refractivity contribution >= 4 is 50.1 Å². The van der Waals surface area contributed by atoms with Gasteiger partial charge in [0.1, 0.15) is 5.88 Å². The number of anilines is 2. The van der Waals surface area contributed by atoms with Crippen molar-refractivity contribution in [3.63, 3.8) is 0 Å². The number of amides is 1. The molecule has 0 saturated carbocycles. The maximum absolute atomic E-state index is 11.0. The molecule has 0 heterocycles. The van der Waals surface area contributed by atoms with E-state index in [1.807, 2.05) is 0 Å². The maximum Gasteiger partial charge on any atom is 0.283 e. The molecule has 3 aromatic carbocycles. The summed E-state index contributed by atoms with van der Waals surface area (Å²) < 4.78 is 30.2. The van der Waals surface area contributed by atoms with Gasteiger partial charge in [0.25, 0.3) is 10.1 Å². The van der Waals surface area contributed by atoms with Gasteiger partial charge in [-0.3, -0.25) is 9.35 Å². The molecule has 32 heavy (non-hydrogen) atoms.